The average molecular weight is 410 g/mol. The van der Waals surface area contributed by atoms with Gasteiger partial charge in [-0.1, -0.05) is 32.6 Å². The molecule has 2 aliphatic heterocycles. The van der Waals surface area contributed by atoms with Crippen LogP contribution in [0.2, 0.25) is 0 Å². The Morgan fingerprint density at radius 1 is 1.10 bits per heavy atom. The van der Waals surface area contributed by atoms with Crippen LogP contribution < -0.4 is 4.90 Å². The molecular formula is C26H35NO3. The van der Waals surface area contributed by atoms with E-state index < -0.39 is 5.60 Å². The number of hydrogen-bond donors (Lipinski definition) is 0. The summed E-state index contributed by atoms with van der Waals surface area (Å²) in [4.78, 5) is 28.7. The Bertz CT molecular complexity index is 822. The Kier molecular flexibility index (Phi) is 5.47. The first-order chi connectivity index (χ1) is 14.6. The highest BCUT2D eigenvalue weighted by Crippen LogP contribution is 2.49. The van der Waals surface area contributed by atoms with Crippen molar-refractivity contribution in [1.29, 1.82) is 0 Å². The SMILES string of the molecule is CC1CCCCCC1CC(=O)c1ccc2c(c1)C1(CCCCO1)C(=O)N2CC1CC1. The van der Waals surface area contributed by atoms with Gasteiger partial charge in [0.1, 0.15) is 0 Å². The lowest BCUT2D eigenvalue weighted by Gasteiger charge is -2.33. The van der Waals surface area contributed by atoms with Crippen LogP contribution in [-0.2, 0) is 15.1 Å². The van der Waals surface area contributed by atoms with Crippen molar-refractivity contribution < 1.29 is 14.3 Å². The second-order valence-corrected chi connectivity index (χ2v) is 10.2. The fourth-order valence-electron chi connectivity index (χ4n) is 5.86. The third-order valence-corrected chi connectivity index (χ3v) is 8.03. The summed E-state index contributed by atoms with van der Waals surface area (Å²) in [5.41, 5.74) is 1.84. The summed E-state index contributed by atoms with van der Waals surface area (Å²) in [5, 5.41) is 0. The van der Waals surface area contributed by atoms with Gasteiger partial charge < -0.3 is 9.64 Å². The molecule has 3 fully saturated rings. The van der Waals surface area contributed by atoms with Crippen LogP contribution >= 0.6 is 0 Å². The van der Waals surface area contributed by atoms with Crippen molar-refractivity contribution >= 4 is 17.4 Å². The second kappa shape index (κ2) is 8.11. The van der Waals surface area contributed by atoms with E-state index in [0.29, 0.717) is 30.8 Å². The highest BCUT2D eigenvalue weighted by molar-refractivity contribution is 6.08. The second-order valence-electron chi connectivity index (χ2n) is 10.2. The zero-order valence-corrected chi connectivity index (χ0v) is 18.3. The van der Waals surface area contributed by atoms with E-state index in [-0.39, 0.29) is 11.7 Å². The van der Waals surface area contributed by atoms with Crippen molar-refractivity contribution in [2.75, 3.05) is 18.1 Å². The van der Waals surface area contributed by atoms with Crippen LogP contribution in [0, 0.1) is 17.8 Å². The number of rotatable bonds is 5. The number of carbonyl (C=O) groups excluding carboxylic acids is 2. The number of hydrogen-bond acceptors (Lipinski definition) is 3. The van der Waals surface area contributed by atoms with Gasteiger partial charge in [-0.25, -0.2) is 0 Å². The minimum atomic E-state index is -0.853. The first-order valence-corrected chi connectivity index (χ1v) is 12.2. The van der Waals surface area contributed by atoms with Gasteiger partial charge in [-0.05, 0) is 74.5 Å². The normalized spacial score (nSPS) is 31.6. The van der Waals surface area contributed by atoms with E-state index >= 15 is 0 Å². The molecule has 4 nitrogen and oxygen atoms in total. The third-order valence-electron chi connectivity index (χ3n) is 8.03. The lowest BCUT2D eigenvalue weighted by Crippen LogP contribution is -2.45. The lowest BCUT2D eigenvalue weighted by molar-refractivity contribution is -0.150. The molecule has 30 heavy (non-hydrogen) atoms. The van der Waals surface area contributed by atoms with E-state index in [2.05, 4.69) is 6.92 Å². The van der Waals surface area contributed by atoms with E-state index in [1.54, 1.807) is 0 Å². The van der Waals surface area contributed by atoms with Gasteiger partial charge in [-0.3, -0.25) is 9.59 Å². The van der Waals surface area contributed by atoms with Gasteiger partial charge in [0.15, 0.2) is 11.4 Å². The summed E-state index contributed by atoms with van der Waals surface area (Å²) in [5.74, 6) is 2.07. The minimum absolute atomic E-state index is 0.103. The number of fused-ring (bicyclic) bond motifs is 2. The predicted octanol–water partition coefficient (Wildman–Crippen LogP) is 5.63. The monoisotopic (exact) mass is 409 g/mol. The largest absolute Gasteiger partial charge is 0.360 e. The molecule has 1 aromatic carbocycles. The van der Waals surface area contributed by atoms with Crippen LogP contribution in [0.5, 0.6) is 0 Å². The molecule has 1 aromatic rings. The maximum atomic E-state index is 13.5. The van der Waals surface area contributed by atoms with Crippen molar-refractivity contribution in [2.45, 2.75) is 83.2 Å². The van der Waals surface area contributed by atoms with Crippen LogP contribution in [0.4, 0.5) is 5.69 Å². The third kappa shape index (κ3) is 3.62. The molecule has 3 unspecified atom stereocenters. The molecule has 2 saturated carbocycles. The highest BCUT2D eigenvalue weighted by atomic mass is 16.5. The maximum Gasteiger partial charge on any atom is 0.263 e. The summed E-state index contributed by atoms with van der Waals surface area (Å²) in [7, 11) is 0. The number of carbonyl (C=O) groups is 2. The molecule has 0 radical (unpaired) electrons. The van der Waals surface area contributed by atoms with Crippen molar-refractivity contribution in [3.05, 3.63) is 29.3 Å². The average Bonchev–Trinajstić information content (AvgIpc) is 3.58. The number of amides is 1. The Hall–Kier alpha value is -1.68. The van der Waals surface area contributed by atoms with Gasteiger partial charge >= 0.3 is 0 Å². The van der Waals surface area contributed by atoms with Gasteiger partial charge in [0.2, 0.25) is 0 Å². The Morgan fingerprint density at radius 2 is 1.93 bits per heavy atom. The molecule has 1 spiro atoms. The van der Waals surface area contributed by atoms with Gasteiger partial charge in [-0.15, -0.1) is 0 Å². The molecule has 0 aromatic heterocycles. The molecule has 2 aliphatic carbocycles. The Labute approximate surface area is 180 Å². The Balaban J connectivity index is 1.43. The molecule has 162 valence electrons. The van der Waals surface area contributed by atoms with Crippen molar-refractivity contribution in [1.82, 2.24) is 0 Å². The predicted molar refractivity (Wildman–Crippen MR) is 118 cm³/mol. The standard InChI is InChI=1S/C26H35NO3/c1-18-7-3-2-4-8-20(18)16-24(28)21-11-12-23-22(15-21)26(13-5-6-14-30-26)25(29)27(23)17-19-9-10-19/h11-12,15,18-20H,2-10,13-14,16-17H2,1H3. The van der Waals surface area contributed by atoms with Crippen LogP contribution in [0.1, 0.15) is 93.5 Å². The van der Waals surface area contributed by atoms with Crippen molar-refractivity contribution in [3.8, 4) is 0 Å². The number of nitrogens with zero attached hydrogens (tertiary/aromatic N) is 1. The van der Waals surface area contributed by atoms with Crippen molar-refractivity contribution in [2.24, 2.45) is 17.8 Å². The molecule has 4 heteroatoms. The van der Waals surface area contributed by atoms with Crippen LogP contribution in [-0.4, -0.2) is 24.8 Å². The smallest absolute Gasteiger partial charge is 0.263 e. The molecule has 2 heterocycles. The molecule has 0 bridgehead atoms. The number of ketones is 1. The molecule has 4 aliphatic rings. The number of benzene rings is 1. The van der Waals surface area contributed by atoms with Crippen LogP contribution in [0.15, 0.2) is 18.2 Å². The van der Waals surface area contributed by atoms with Gasteiger partial charge in [-0.2, -0.15) is 0 Å². The minimum Gasteiger partial charge on any atom is -0.360 e. The zero-order valence-electron chi connectivity index (χ0n) is 18.3. The summed E-state index contributed by atoms with van der Waals surface area (Å²) in [6.45, 7) is 3.73. The van der Waals surface area contributed by atoms with E-state index in [1.807, 2.05) is 23.1 Å². The summed E-state index contributed by atoms with van der Waals surface area (Å²) < 4.78 is 6.21. The Morgan fingerprint density at radius 3 is 2.70 bits per heavy atom. The van der Waals surface area contributed by atoms with E-state index in [1.165, 1.54) is 44.9 Å². The zero-order chi connectivity index (χ0) is 20.7. The number of anilines is 1. The quantitative estimate of drug-likeness (QED) is 0.468. The van der Waals surface area contributed by atoms with E-state index in [4.69, 9.17) is 4.74 Å². The fraction of sp³-hybridized carbons (Fsp3) is 0.692. The highest BCUT2D eigenvalue weighted by Gasteiger charge is 2.53. The van der Waals surface area contributed by atoms with E-state index in [9.17, 15) is 9.59 Å². The van der Waals surface area contributed by atoms with Crippen molar-refractivity contribution in [3.63, 3.8) is 0 Å². The molecule has 3 atom stereocenters. The fourth-order valence-corrected chi connectivity index (χ4v) is 5.86. The number of Topliss-reactive ketones (excluding diaryl/α,β-unsaturated/α-hetero) is 1. The molecule has 0 N–H and O–H groups in total. The molecule has 1 amide bonds. The maximum absolute atomic E-state index is 13.5. The molecule has 5 rings (SSSR count). The number of ether oxygens (including phenoxy) is 1. The van der Waals surface area contributed by atoms with Crippen LogP contribution in [0.25, 0.3) is 0 Å². The first kappa shape index (κ1) is 20.2. The summed E-state index contributed by atoms with van der Waals surface area (Å²) in [6, 6.07) is 5.98. The topological polar surface area (TPSA) is 46.6 Å². The van der Waals surface area contributed by atoms with Crippen LogP contribution in [0.3, 0.4) is 0 Å². The van der Waals surface area contributed by atoms with E-state index in [0.717, 1.165) is 42.6 Å². The lowest BCUT2D eigenvalue weighted by atomic mass is 9.83. The molecular weight excluding hydrogens is 374 g/mol. The first-order valence-electron chi connectivity index (χ1n) is 12.2. The summed E-state index contributed by atoms with van der Waals surface area (Å²) >= 11 is 0. The van der Waals surface area contributed by atoms with Gasteiger partial charge in [0.05, 0.1) is 5.69 Å². The summed E-state index contributed by atoms with van der Waals surface area (Å²) in [6.07, 6.45) is 12.0. The van der Waals surface area contributed by atoms with Gasteiger partial charge in [0, 0.05) is 30.7 Å². The van der Waals surface area contributed by atoms with Gasteiger partial charge in [0.25, 0.3) is 5.91 Å². The molecule has 1 saturated heterocycles.